The van der Waals surface area contributed by atoms with Gasteiger partial charge in [0.2, 0.25) is 0 Å². The Morgan fingerprint density at radius 3 is 2.43 bits per heavy atom. The summed E-state index contributed by atoms with van der Waals surface area (Å²) in [4.78, 5) is 17.3. The van der Waals surface area contributed by atoms with E-state index in [9.17, 15) is 4.79 Å². The lowest BCUT2D eigenvalue weighted by Gasteiger charge is -2.17. The summed E-state index contributed by atoms with van der Waals surface area (Å²) in [6.45, 7) is 3.74. The second kappa shape index (κ2) is 8.50. The Hall–Kier alpha value is -2.11. The number of benzene rings is 2. The van der Waals surface area contributed by atoms with Gasteiger partial charge in [-0.15, -0.1) is 12.1 Å². The number of hydrogen-bond acceptors (Lipinski definition) is 4. The molecule has 0 spiro atoms. The molecular formula is C18H18BrNO3. The summed E-state index contributed by atoms with van der Waals surface area (Å²) in [7, 11) is 1.58. The Labute approximate surface area is 144 Å². The van der Waals surface area contributed by atoms with Crippen molar-refractivity contribution >= 4 is 21.9 Å². The van der Waals surface area contributed by atoms with Gasteiger partial charge in [0.15, 0.2) is 0 Å². The van der Waals surface area contributed by atoms with Crippen LogP contribution in [0.5, 0.6) is 5.75 Å². The number of methoxy groups -OCH3 is 1. The molecule has 5 heteroatoms. The van der Waals surface area contributed by atoms with Crippen molar-refractivity contribution in [3.63, 3.8) is 0 Å². The van der Waals surface area contributed by atoms with Gasteiger partial charge in [-0.25, -0.2) is 4.79 Å². The van der Waals surface area contributed by atoms with Gasteiger partial charge in [0.05, 0.1) is 18.7 Å². The lowest BCUT2D eigenvalue weighted by Crippen LogP contribution is -2.25. The molecule has 0 amide bonds. The largest absolute Gasteiger partial charge is 0.497 e. The molecule has 0 heterocycles. The molecule has 23 heavy (non-hydrogen) atoms. The number of nitrogens with one attached hydrogen (secondary N) is 1. The molecule has 0 aromatic heterocycles. The molecule has 1 atom stereocenters. The van der Waals surface area contributed by atoms with E-state index in [-0.39, 0.29) is 6.04 Å². The van der Waals surface area contributed by atoms with Gasteiger partial charge in [0, 0.05) is 4.47 Å². The van der Waals surface area contributed by atoms with Gasteiger partial charge in [0.1, 0.15) is 5.75 Å². The highest BCUT2D eigenvalue weighted by molar-refractivity contribution is 9.10. The lowest BCUT2D eigenvalue weighted by atomic mass is 10.1. The van der Waals surface area contributed by atoms with Gasteiger partial charge in [-0.05, 0) is 48.4 Å². The third-order valence-electron chi connectivity index (χ3n) is 3.29. The van der Waals surface area contributed by atoms with Gasteiger partial charge in [0.25, 0.3) is 0 Å². The van der Waals surface area contributed by atoms with Gasteiger partial charge >= 0.3 is 5.97 Å². The first-order chi connectivity index (χ1) is 11.1. The molecular weight excluding hydrogens is 358 g/mol. The molecule has 2 aromatic carbocycles. The van der Waals surface area contributed by atoms with E-state index in [1.807, 2.05) is 24.3 Å². The number of rotatable bonds is 7. The van der Waals surface area contributed by atoms with E-state index in [1.54, 1.807) is 37.5 Å². The standard InChI is InChI=1S/C18H18BrNO3/c1-3-4-17(13-5-9-15(19)10-6-13)20-23-18(21)14-7-11-16(22-2)12-8-14/h3,5-12,17,20H,1,4H2,2H3. The smallest absolute Gasteiger partial charge is 0.356 e. The van der Waals surface area contributed by atoms with Crippen molar-refractivity contribution in [2.45, 2.75) is 12.5 Å². The number of hydrogen-bond donors (Lipinski definition) is 1. The topological polar surface area (TPSA) is 47.6 Å². The number of hydroxylamine groups is 1. The van der Waals surface area contributed by atoms with Crippen molar-refractivity contribution in [1.29, 1.82) is 0 Å². The van der Waals surface area contributed by atoms with Crippen molar-refractivity contribution in [3.05, 3.63) is 76.8 Å². The minimum absolute atomic E-state index is 0.150. The van der Waals surface area contributed by atoms with E-state index < -0.39 is 5.97 Å². The molecule has 1 N–H and O–H groups in total. The molecule has 0 fully saturated rings. The molecule has 0 bridgehead atoms. The summed E-state index contributed by atoms with van der Waals surface area (Å²) in [6, 6.07) is 14.4. The monoisotopic (exact) mass is 375 g/mol. The molecule has 0 radical (unpaired) electrons. The van der Waals surface area contributed by atoms with Crippen LogP contribution in [0.3, 0.4) is 0 Å². The lowest BCUT2D eigenvalue weighted by molar-refractivity contribution is 0.0154. The van der Waals surface area contributed by atoms with Crippen LogP contribution < -0.4 is 10.2 Å². The summed E-state index contributed by atoms with van der Waals surface area (Å²) in [6.07, 6.45) is 2.42. The van der Waals surface area contributed by atoms with Crippen LogP contribution >= 0.6 is 15.9 Å². The van der Waals surface area contributed by atoms with Crippen molar-refractivity contribution in [2.75, 3.05) is 7.11 Å². The zero-order valence-electron chi connectivity index (χ0n) is 12.8. The molecule has 120 valence electrons. The Morgan fingerprint density at radius 1 is 1.22 bits per heavy atom. The Balaban J connectivity index is 2.01. The third-order valence-corrected chi connectivity index (χ3v) is 3.82. The third kappa shape index (κ3) is 4.94. The first-order valence-corrected chi connectivity index (χ1v) is 7.90. The quantitative estimate of drug-likeness (QED) is 0.574. The first-order valence-electron chi connectivity index (χ1n) is 7.11. The fraction of sp³-hybridized carbons (Fsp3) is 0.167. The second-order valence-corrected chi connectivity index (χ2v) is 5.78. The van der Waals surface area contributed by atoms with E-state index in [4.69, 9.17) is 9.57 Å². The Kier molecular flexibility index (Phi) is 6.38. The predicted octanol–water partition coefficient (Wildman–Crippen LogP) is 4.44. The molecule has 1 unspecified atom stereocenters. The number of halogens is 1. The van der Waals surface area contributed by atoms with Gasteiger partial charge in [-0.3, -0.25) is 0 Å². The summed E-state index contributed by atoms with van der Waals surface area (Å²) in [5.41, 5.74) is 4.28. The zero-order chi connectivity index (χ0) is 16.7. The highest BCUT2D eigenvalue weighted by Gasteiger charge is 2.14. The SMILES string of the molecule is C=CCC(NOC(=O)c1ccc(OC)cc1)c1ccc(Br)cc1. The van der Waals surface area contributed by atoms with E-state index >= 15 is 0 Å². The zero-order valence-corrected chi connectivity index (χ0v) is 14.4. The van der Waals surface area contributed by atoms with Crippen molar-refractivity contribution in [3.8, 4) is 5.75 Å². The summed E-state index contributed by atoms with van der Waals surface area (Å²) >= 11 is 3.40. The Morgan fingerprint density at radius 2 is 1.87 bits per heavy atom. The maximum Gasteiger partial charge on any atom is 0.356 e. The van der Waals surface area contributed by atoms with E-state index in [1.165, 1.54) is 0 Å². The van der Waals surface area contributed by atoms with E-state index in [2.05, 4.69) is 28.0 Å². The fourth-order valence-electron chi connectivity index (χ4n) is 2.02. The van der Waals surface area contributed by atoms with Crippen molar-refractivity contribution < 1.29 is 14.4 Å². The molecule has 0 saturated heterocycles. The van der Waals surface area contributed by atoms with Crippen LogP contribution in [0, 0.1) is 0 Å². The normalized spacial score (nSPS) is 11.6. The van der Waals surface area contributed by atoms with Gasteiger partial charge < -0.3 is 9.57 Å². The molecule has 0 aliphatic rings. The number of ether oxygens (including phenoxy) is 1. The van der Waals surface area contributed by atoms with Crippen molar-refractivity contribution in [2.24, 2.45) is 0 Å². The summed E-state index contributed by atoms with van der Waals surface area (Å²) in [5.74, 6) is 0.243. The van der Waals surface area contributed by atoms with E-state index in [0.717, 1.165) is 10.0 Å². The second-order valence-electron chi connectivity index (χ2n) is 4.86. The first kappa shape index (κ1) is 17.2. The predicted molar refractivity (Wildman–Crippen MR) is 93.2 cm³/mol. The molecule has 0 aliphatic heterocycles. The van der Waals surface area contributed by atoms with Gasteiger partial charge in [-0.2, -0.15) is 0 Å². The highest BCUT2D eigenvalue weighted by atomic mass is 79.9. The minimum atomic E-state index is -0.446. The highest BCUT2D eigenvalue weighted by Crippen LogP contribution is 2.20. The van der Waals surface area contributed by atoms with E-state index in [0.29, 0.717) is 17.7 Å². The number of carbonyl (C=O) groups is 1. The molecule has 2 aromatic rings. The van der Waals surface area contributed by atoms with Gasteiger partial charge in [-0.1, -0.05) is 34.1 Å². The Bertz CT molecular complexity index is 653. The van der Waals surface area contributed by atoms with Crippen LogP contribution in [0.4, 0.5) is 0 Å². The van der Waals surface area contributed by atoms with Crippen LogP contribution in [0.25, 0.3) is 0 Å². The maximum absolute atomic E-state index is 12.1. The molecule has 0 saturated carbocycles. The fourth-order valence-corrected chi connectivity index (χ4v) is 2.29. The average molecular weight is 376 g/mol. The molecule has 2 rings (SSSR count). The molecule has 0 aliphatic carbocycles. The van der Waals surface area contributed by atoms with Crippen LogP contribution in [0.2, 0.25) is 0 Å². The summed E-state index contributed by atoms with van der Waals surface area (Å²) < 4.78 is 6.06. The van der Waals surface area contributed by atoms with Crippen molar-refractivity contribution in [1.82, 2.24) is 5.48 Å². The van der Waals surface area contributed by atoms with Crippen LogP contribution in [-0.2, 0) is 4.84 Å². The van der Waals surface area contributed by atoms with Crippen LogP contribution in [0.15, 0.2) is 65.7 Å². The van der Waals surface area contributed by atoms with Crippen LogP contribution in [-0.4, -0.2) is 13.1 Å². The molecule has 4 nitrogen and oxygen atoms in total. The maximum atomic E-state index is 12.1. The summed E-state index contributed by atoms with van der Waals surface area (Å²) in [5, 5.41) is 0. The van der Waals surface area contributed by atoms with Crippen LogP contribution in [0.1, 0.15) is 28.4 Å². The minimum Gasteiger partial charge on any atom is -0.497 e. The average Bonchev–Trinajstić information content (AvgIpc) is 2.59. The number of carbonyl (C=O) groups excluding carboxylic acids is 1.